The van der Waals surface area contributed by atoms with Crippen molar-refractivity contribution in [3.8, 4) is 0 Å². The Bertz CT molecular complexity index is 2380. The van der Waals surface area contributed by atoms with Crippen LogP contribution in [-0.4, -0.2) is 39.0 Å². The Morgan fingerprint density at radius 3 is 1.96 bits per heavy atom. The Labute approximate surface area is 323 Å². The van der Waals surface area contributed by atoms with Gasteiger partial charge in [-0.25, -0.2) is 4.99 Å². The number of allylic oxidation sites excluding steroid dienone is 6. The van der Waals surface area contributed by atoms with Gasteiger partial charge in [0.2, 0.25) is 0 Å². The first-order valence-electron chi connectivity index (χ1n) is 20.7. The molecular formula is C48H62N6. The summed E-state index contributed by atoms with van der Waals surface area (Å²) in [5.41, 5.74) is 25.6. The van der Waals surface area contributed by atoms with Crippen LogP contribution in [0.5, 0.6) is 0 Å². The maximum atomic E-state index is 5.49. The van der Waals surface area contributed by atoms with Crippen molar-refractivity contribution in [3.05, 3.63) is 124 Å². The zero-order chi connectivity index (χ0) is 38.6. The Kier molecular flexibility index (Phi) is 10.4. The average Bonchev–Trinajstić information content (AvgIpc) is 3.88. The van der Waals surface area contributed by atoms with E-state index in [1.807, 2.05) is 0 Å². The summed E-state index contributed by atoms with van der Waals surface area (Å²) in [6, 6.07) is 0.111. The highest BCUT2D eigenvalue weighted by molar-refractivity contribution is 6.17. The van der Waals surface area contributed by atoms with Crippen LogP contribution in [0.2, 0.25) is 0 Å². The molecule has 0 amide bonds. The molecule has 54 heavy (non-hydrogen) atoms. The normalized spacial score (nSPS) is 22.3. The fourth-order valence-corrected chi connectivity index (χ4v) is 9.97. The van der Waals surface area contributed by atoms with Crippen molar-refractivity contribution < 1.29 is 0 Å². The molecule has 0 aliphatic carbocycles. The molecule has 284 valence electrons. The van der Waals surface area contributed by atoms with Crippen LogP contribution in [0.3, 0.4) is 0 Å². The van der Waals surface area contributed by atoms with Gasteiger partial charge in [0.15, 0.2) is 0 Å². The van der Waals surface area contributed by atoms with Crippen molar-refractivity contribution in [3.63, 3.8) is 0 Å². The quantitative estimate of drug-likeness (QED) is 0.201. The lowest BCUT2D eigenvalue weighted by Crippen LogP contribution is -2.23. The number of aliphatic imine (C=N–C) groups is 2. The third-order valence-corrected chi connectivity index (χ3v) is 13.0. The molecule has 12 bridgehead atoms. The van der Waals surface area contributed by atoms with Crippen LogP contribution >= 0.6 is 0 Å². The van der Waals surface area contributed by atoms with Crippen LogP contribution in [0.25, 0.3) is 12.2 Å². The fourth-order valence-electron chi connectivity index (χ4n) is 9.97. The number of hydrogen-bond acceptors (Lipinski definition) is 3. The van der Waals surface area contributed by atoms with Gasteiger partial charge in [-0.05, 0) is 165 Å². The lowest BCUT2D eigenvalue weighted by molar-refractivity contribution is 0.652. The van der Waals surface area contributed by atoms with Gasteiger partial charge in [-0.15, -0.1) is 0 Å². The minimum absolute atomic E-state index is 0.111. The number of nitrogens with one attached hydrogen (secondary N) is 4. The van der Waals surface area contributed by atoms with Gasteiger partial charge in [0, 0.05) is 52.4 Å². The van der Waals surface area contributed by atoms with E-state index >= 15 is 0 Å². The minimum Gasteiger partial charge on any atom is -0.387 e. The van der Waals surface area contributed by atoms with Crippen LogP contribution in [-0.2, 0) is 19.3 Å². The number of rotatable bonds is 6. The number of aromatic nitrogens is 3. The maximum Gasteiger partial charge on any atom is 0.0907 e. The molecule has 3 aromatic rings. The Morgan fingerprint density at radius 1 is 0.648 bits per heavy atom. The summed E-state index contributed by atoms with van der Waals surface area (Å²) in [6.45, 7) is 28.2. The van der Waals surface area contributed by atoms with Gasteiger partial charge in [-0.2, -0.15) is 0 Å². The van der Waals surface area contributed by atoms with Gasteiger partial charge in [0.25, 0.3) is 0 Å². The smallest absolute Gasteiger partial charge is 0.0907 e. The van der Waals surface area contributed by atoms with Crippen LogP contribution in [0.1, 0.15) is 150 Å². The number of H-pyrrole nitrogens is 3. The van der Waals surface area contributed by atoms with Crippen molar-refractivity contribution in [1.82, 2.24) is 20.3 Å². The van der Waals surface area contributed by atoms with E-state index in [0.717, 1.165) is 74.3 Å². The Hall–Kier alpha value is -4.58. The van der Waals surface area contributed by atoms with E-state index in [-0.39, 0.29) is 12.0 Å². The predicted molar refractivity (Wildman–Crippen MR) is 229 cm³/mol. The molecular weight excluding hydrogens is 661 g/mol. The molecule has 7 heterocycles. The van der Waals surface area contributed by atoms with E-state index in [4.69, 9.17) is 9.98 Å². The summed E-state index contributed by atoms with van der Waals surface area (Å²) in [7, 11) is 0. The van der Waals surface area contributed by atoms with E-state index in [2.05, 4.69) is 128 Å². The predicted octanol–water partition coefficient (Wildman–Crippen LogP) is 9.60. The van der Waals surface area contributed by atoms with E-state index in [1.54, 1.807) is 0 Å². The van der Waals surface area contributed by atoms with Gasteiger partial charge < -0.3 is 20.3 Å². The maximum absolute atomic E-state index is 5.49. The molecule has 4 aliphatic rings. The number of hydrogen-bond donors (Lipinski definition) is 4. The first kappa shape index (κ1) is 37.7. The zero-order valence-electron chi connectivity index (χ0n) is 35.0. The summed E-state index contributed by atoms with van der Waals surface area (Å²) in [5.74, 6) is 0.239. The summed E-state index contributed by atoms with van der Waals surface area (Å²) in [4.78, 5) is 22.7. The highest BCUT2D eigenvalue weighted by Gasteiger charge is 2.30. The van der Waals surface area contributed by atoms with Crippen LogP contribution in [0.15, 0.2) is 67.0 Å². The molecule has 6 nitrogen and oxygen atoms in total. The van der Waals surface area contributed by atoms with Gasteiger partial charge in [-0.3, -0.25) is 4.99 Å². The highest BCUT2D eigenvalue weighted by Crippen LogP contribution is 2.37. The second-order valence-corrected chi connectivity index (χ2v) is 15.8. The molecule has 0 radical (unpaired) electrons. The number of aromatic amines is 3. The second kappa shape index (κ2) is 14.9. The molecule has 0 saturated heterocycles. The molecule has 4 N–H and O–H groups in total. The molecule has 6 heteroatoms. The lowest BCUT2D eigenvalue weighted by atomic mass is 9.93. The first-order chi connectivity index (χ1) is 26.0. The second-order valence-electron chi connectivity index (χ2n) is 15.8. The molecule has 2 atom stereocenters. The minimum atomic E-state index is 0.111. The van der Waals surface area contributed by atoms with E-state index < -0.39 is 0 Å². The van der Waals surface area contributed by atoms with Crippen molar-refractivity contribution in [2.24, 2.45) is 9.98 Å². The van der Waals surface area contributed by atoms with Crippen LogP contribution in [0, 0.1) is 20.8 Å². The topological polar surface area (TPSA) is 84.1 Å². The van der Waals surface area contributed by atoms with Gasteiger partial charge in [-0.1, -0.05) is 47.6 Å². The molecule has 0 spiro atoms. The summed E-state index contributed by atoms with van der Waals surface area (Å²) < 4.78 is 0. The van der Waals surface area contributed by atoms with E-state index in [1.165, 1.54) is 100 Å². The monoisotopic (exact) mass is 723 g/mol. The summed E-state index contributed by atoms with van der Waals surface area (Å²) in [6.07, 6.45) is 16.1. The van der Waals surface area contributed by atoms with Gasteiger partial charge in [0.1, 0.15) is 0 Å². The Balaban J connectivity index is 1.50. The van der Waals surface area contributed by atoms with E-state index in [9.17, 15) is 0 Å². The SMILES string of the molecule is CCC1=C2CC3N=C(/C=C4\N=C(C(C)=C4CC)c4[nH]c(c(CC)c4C)/C=c4\[nH]/c(c(C)c4CC)=C\c4[nH]c(c(C)c4CC)C(C=C1C)CN2)C(CC)=C3C. The summed E-state index contributed by atoms with van der Waals surface area (Å²) in [5, 5.41) is 6.35. The number of fused-ring (bicyclic) bond motifs is 13. The molecule has 7 rings (SSSR count). The largest absolute Gasteiger partial charge is 0.387 e. The standard InChI is InChI=1S/C48H62N6/c1-13-32-25(7)19-31-24-49-40(32)20-38-26(8)33(14-2)41(50-38)22-44-36(17-5)29(11)47(53-44)48-30(12)37(18-6)45(54-48)23-42-34(15-3)27(9)39(51-42)21-43-35(16-4)28(10)46(31)52-43/h19,21-23,31,38,49,51-52,54H,13-18,20,24H2,1-12H3/b39-21-,42-23-,44-22-. The van der Waals surface area contributed by atoms with Gasteiger partial charge in [0.05, 0.1) is 28.9 Å². The van der Waals surface area contributed by atoms with Gasteiger partial charge >= 0.3 is 0 Å². The molecule has 0 aromatic carbocycles. The van der Waals surface area contributed by atoms with Crippen molar-refractivity contribution in [2.45, 2.75) is 140 Å². The third kappa shape index (κ3) is 6.20. The highest BCUT2D eigenvalue weighted by atomic mass is 14.9. The van der Waals surface area contributed by atoms with Crippen LogP contribution in [0.4, 0.5) is 0 Å². The first-order valence-corrected chi connectivity index (χ1v) is 20.7. The van der Waals surface area contributed by atoms with E-state index in [0.29, 0.717) is 0 Å². The molecule has 2 unspecified atom stereocenters. The van der Waals surface area contributed by atoms with Crippen molar-refractivity contribution in [1.29, 1.82) is 0 Å². The Morgan fingerprint density at radius 2 is 1.30 bits per heavy atom. The fraction of sp³-hybridized carbons (Fsp3) is 0.458. The zero-order valence-corrected chi connectivity index (χ0v) is 35.0. The van der Waals surface area contributed by atoms with Crippen molar-refractivity contribution in [2.75, 3.05) is 6.54 Å². The van der Waals surface area contributed by atoms with Crippen molar-refractivity contribution >= 4 is 23.6 Å². The molecule has 0 saturated carbocycles. The molecule has 3 aromatic heterocycles. The lowest BCUT2D eigenvalue weighted by Gasteiger charge is -2.19. The van der Waals surface area contributed by atoms with Crippen LogP contribution < -0.4 is 16.0 Å². The summed E-state index contributed by atoms with van der Waals surface area (Å²) >= 11 is 0. The molecule has 4 aliphatic heterocycles. The third-order valence-electron chi connectivity index (χ3n) is 13.0. The number of nitrogens with zero attached hydrogens (tertiary/aromatic N) is 2. The molecule has 0 fully saturated rings. The average molecular weight is 723 g/mol.